The van der Waals surface area contributed by atoms with Crippen molar-refractivity contribution in [2.24, 2.45) is 0 Å². The van der Waals surface area contributed by atoms with E-state index in [1.165, 1.54) is 6.07 Å². The van der Waals surface area contributed by atoms with Gasteiger partial charge in [0.25, 0.3) is 23.6 Å². The summed E-state index contributed by atoms with van der Waals surface area (Å²) in [6.45, 7) is 5.90. The Hall–Kier alpha value is -6.93. The largest absolute Gasteiger partial charge is 0.380 e. The van der Waals surface area contributed by atoms with Gasteiger partial charge in [0, 0.05) is 73.7 Å². The molecule has 9 rings (SSSR count). The van der Waals surface area contributed by atoms with Gasteiger partial charge < -0.3 is 29.4 Å². The van der Waals surface area contributed by atoms with Crippen molar-refractivity contribution in [1.29, 1.82) is 0 Å². The highest BCUT2D eigenvalue weighted by Crippen LogP contribution is 2.37. The number of aromatic amines is 1. The van der Waals surface area contributed by atoms with Crippen LogP contribution >= 0.6 is 0 Å². The SMILES string of the molecule is O=C1CCC(N2C(=O)c3cc(F)c(NCCOCCOCCOCCN4CCN(c5nc(C6=C(c7c[nH]c8ccccc78)C(=O)NC6=O)c6ccccc6n5)CC4)cc3C2=O)C(=O)N1. The molecule has 0 aliphatic carbocycles. The van der Waals surface area contributed by atoms with Crippen LogP contribution in [0.25, 0.3) is 33.0 Å². The standard InChI is InChI=1S/C45H44FN9O9/c46-31-23-28-29(44(61)55(43(28)60)35-9-10-36(56)50-40(35)57)24-34(31)47-11-17-62-19-21-64-22-20-63-18-16-53-12-14-54(15-13-53)45-49-33-8-4-2-6-27(33)39(51-45)38-37(41(58)52-42(38)59)30-25-48-32-7-3-1-5-26(30)32/h1-8,23-25,35,47-48H,9-22H2,(H,50,56,57)(H,52,58,59). The van der Waals surface area contributed by atoms with Gasteiger partial charge in [0.2, 0.25) is 17.8 Å². The predicted molar refractivity (Wildman–Crippen MR) is 230 cm³/mol. The lowest BCUT2D eigenvalue weighted by atomic mass is 9.97. The Balaban J connectivity index is 0.686. The molecular weight excluding hydrogens is 830 g/mol. The fraction of sp³-hybridized carbons (Fsp3) is 0.333. The van der Waals surface area contributed by atoms with Crippen LogP contribution in [0.1, 0.15) is 44.8 Å². The predicted octanol–water partition coefficient (Wildman–Crippen LogP) is 2.50. The summed E-state index contributed by atoms with van der Waals surface area (Å²) in [7, 11) is 0. The van der Waals surface area contributed by atoms with Gasteiger partial charge in [0.1, 0.15) is 11.9 Å². The third-order valence-corrected chi connectivity index (χ3v) is 11.7. The second-order valence-electron chi connectivity index (χ2n) is 15.6. The number of carbonyl (C=O) groups excluding carboxylic acids is 6. The van der Waals surface area contributed by atoms with Crippen LogP contribution in [-0.4, -0.2) is 145 Å². The molecule has 2 saturated heterocycles. The number of anilines is 2. The average molecular weight is 874 g/mol. The fourth-order valence-corrected chi connectivity index (χ4v) is 8.40. The molecule has 64 heavy (non-hydrogen) atoms. The Labute approximate surface area is 365 Å². The number of rotatable bonds is 17. The van der Waals surface area contributed by atoms with Gasteiger partial charge in [0.15, 0.2) is 0 Å². The van der Waals surface area contributed by atoms with Crippen LogP contribution < -0.4 is 20.9 Å². The van der Waals surface area contributed by atoms with E-state index in [0.717, 1.165) is 41.5 Å². The van der Waals surface area contributed by atoms with Crippen LogP contribution in [0.15, 0.2) is 66.9 Å². The summed E-state index contributed by atoms with van der Waals surface area (Å²) in [5.74, 6) is -3.90. The Kier molecular flexibility index (Phi) is 12.2. The van der Waals surface area contributed by atoms with Crippen LogP contribution in [0.3, 0.4) is 0 Å². The van der Waals surface area contributed by atoms with Crippen LogP contribution in [0.5, 0.6) is 0 Å². The van der Waals surface area contributed by atoms with Gasteiger partial charge in [-0.3, -0.25) is 49.2 Å². The summed E-state index contributed by atoms with van der Waals surface area (Å²) in [5.41, 5.74) is 2.95. The van der Waals surface area contributed by atoms with E-state index in [0.29, 0.717) is 74.2 Å². The normalized spacial score (nSPS) is 18.2. The maximum Gasteiger partial charge on any atom is 0.262 e. The lowest BCUT2D eigenvalue weighted by molar-refractivity contribution is -0.136. The van der Waals surface area contributed by atoms with Crippen LogP contribution in [0.4, 0.5) is 16.0 Å². The molecule has 3 aromatic carbocycles. The Morgan fingerprint density at radius 1 is 0.719 bits per heavy atom. The summed E-state index contributed by atoms with van der Waals surface area (Å²) in [6, 6.07) is 16.2. The monoisotopic (exact) mass is 873 g/mol. The second kappa shape index (κ2) is 18.4. The van der Waals surface area contributed by atoms with Gasteiger partial charge >= 0.3 is 0 Å². The van der Waals surface area contributed by atoms with Gasteiger partial charge in [-0.15, -0.1) is 0 Å². The molecule has 4 N–H and O–H groups in total. The summed E-state index contributed by atoms with van der Waals surface area (Å²) >= 11 is 0. The summed E-state index contributed by atoms with van der Waals surface area (Å²) in [4.78, 5) is 94.7. The highest BCUT2D eigenvalue weighted by atomic mass is 19.1. The van der Waals surface area contributed by atoms with Gasteiger partial charge in [0.05, 0.1) is 78.8 Å². The number of imide groups is 3. The number of carbonyl (C=O) groups is 6. The van der Waals surface area contributed by atoms with Crippen molar-refractivity contribution >= 4 is 80.0 Å². The number of piperidine rings is 1. The number of H-pyrrole nitrogens is 1. The maximum atomic E-state index is 14.9. The lowest BCUT2D eigenvalue weighted by Gasteiger charge is -2.34. The van der Waals surface area contributed by atoms with Gasteiger partial charge in [-0.1, -0.05) is 36.4 Å². The van der Waals surface area contributed by atoms with Crippen molar-refractivity contribution in [1.82, 2.24) is 35.4 Å². The Morgan fingerprint density at radius 2 is 1.39 bits per heavy atom. The Bertz CT molecular complexity index is 2730. The van der Waals surface area contributed by atoms with Crippen molar-refractivity contribution in [2.45, 2.75) is 18.9 Å². The molecular formula is C45H44FN9O9. The number of benzene rings is 3. The summed E-state index contributed by atoms with van der Waals surface area (Å²) in [6.07, 6.45) is 1.75. The third-order valence-electron chi connectivity index (χ3n) is 11.7. The number of nitrogens with one attached hydrogen (secondary N) is 4. The van der Waals surface area contributed by atoms with Crippen molar-refractivity contribution in [3.05, 3.63) is 95.1 Å². The number of nitrogens with zero attached hydrogens (tertiary/aromatic N) is 5. The lowest BCUT2D eigenvalue weighted by Crippen LogP contribution is -2.54. The number of amides is 6. The minimum Gasteiger partial charge on any atom is -0.380 e. The molecule has 2 fully saturated rings. The van der Waals surface area contributed by atoms with E-state index in [1.807, 2.05) is 48.5 Å². The van der Waals surface area contributed by atoms with E-state index >= 15 is 0 Å². The van der Waals surface area contributed by atoms with Crippen molar-refractivity contribution in [2.75, 3.05) is 89.1 Å². The summed E-state index contributed by atoms with van der Waals surface area (Å²) in [5, 5.41) is 9.02. The van der Waals surface area contributed by atoms with E-state index in [2.05, 4.69) is 30.7 Å². The molecule has 2 aromatic heterocycles. The topological polar surface area (TPSA) is 217 Å². The van der Waals surface area contributed by atoms with Crippen molar-refractivity contribution in [3.8, 4) is 0 Å². The number of piperazine rings is 1. The molecule has 4 aliphatic rings. The maximum absolute atomic E-state index is 14.9. The first-order valence-electron chi connectivity index (χ1n) is 21.1. The minimum absolute atomic E-state index is 0.00970. The highest BCUT2D eigenvalue weighted by Gasteiger charge is 2.45. The smallest absolute Gasteiger partial charge is 0.262 e. The molecule has 0 radical (unpaired) electrons. The average Bonchev–Trinajstić information content (AvgIpc) is 3.92. The first-order valence-corrected chi connectivity index (χ1v) is 21.1. The van der Waals surface area contributed by atoms with Gasteiger partial charge in [-0.2, -0.15) is 0 Å². The number of fused-ring (bicyclic) bond motifs is 3. The van der Waals surface area contributed by atoms with Gasteiger partial charge in [-0.25, -0.2) is 14.4 Å². The quantitative estimate of drug-likeness (QED) is 0.0781. The molecule has 4 aliphatic heterocycles. The number of hydrogen-bond donors (Lipinski definition) is 4. The molecule has 6 amide bonds. The zero-order valence-electron chi connectivity index (χ0n) is 34.6. The molecule has 6 heterocycles. The third kappa shape index (κ3) is 8.45. The first-order chi connectivity index (χ1) is 31.2. The van der Waals surface area contributed by atoms with E-state index in [1.54, 1.807) is 6.20 Å². The number of ether oxygens (including phenoxy) is 3. The molecule has 0 bridgehead atoms. The molecule has 1 atom stereocenters. The first kappa shape index (κ1) is 42.4. The number of aromatic nitrogens is 3. The molecule has 18 nitrogen and oxygen atoms in total. The molecule has 0 spiro atoms. The van der Waals surface area contributed by atoms with Crippen LogP contribution in [0.2, 0.25) is 0 Å². The van der Waals surface area contributed by atoms with Gasteiger partial charge in [-0.05, 0) is 30.7 Å². The van der Waals surface area contributed by atoms with Crippen molar-refractivity contribution in [3.63, 3.8) is 0 Å². The van der Waals surface area contributed by atoms with E-state index in [-0.39, 0.29) is 54.0 Å². The van der Waals surface area contributed by atoms with Crippen molar-refractivity contribution < 1.29 is 47.4 Å². The number of halogens is 1. The summed E-state index contributed by atoms with van der Waals surface area (Å²) < 4.78 is 31.9. The molecule has 1 unspecified atom stereocenters. The number of hydrogen-bond acceptors (Lipinski definition) is 14. The zero-order chi connectivity index (χ0) is 44.3. The second-order valence-corrected chi connectivity index (χ2v) is 15.6. The van der Waals surface area contributed by atoms with Crippen LogP contribution in [0, 0.1) is 5.82 Å². The van der Waals surface area contributed by atoms with E-state index in [4.69, 9.17) is 24.2 Å². The minimum atomic E-state index is -1.13. The zero-order valence-corrected chi connectivity index (χ0v) is 34.6. The van der Waals surface area contributed by atoms with E-state index in [9.17, 15) is 33.2 Å². The number of para-hydroxylation sites is 2. The Morgan fingerprint density at radius 3 is 2.16 bits per heavy atom. The van der Waals surface area contributed by atoms with Crippen LogP contribution in [-0.2, 0) is 33.4 Å². The van der Waals surface area contributed by atoms with E-state index < -0.39 is 47.3 Å². The highest BCUT2D eigenvalue weighted by molar-refractivity contribution is 6.50. The molecule has 0 saturated carbocycles. The molecule has 19 heteroatoms. The fourth-order valence-electron chi connectivity index (χ4n) is 8.40. The molecule has 5 aromatic rings. The molecule has 330 valence electrons.